The fraction of sp³-hybridized carbons (Fsp3) is 0.217. The van der Waals surface area contributed by atoms with Gasteiger partial charge in [-0.1, -0.05) is 84.4 Å². The van der Waals surface area contributed by atoms with Gasteiger partial charge in [0.15, 0.2) is 0 Å². The Balaban J connectivity index is 1.86. The van der Waals surface area contributed by atoms with Gasteiger partial charge in [0.1, 0.15) is 5.69 Å². The molecule has 0 spiro atoms. The van der Waals surface area contributed by atoms with Crippen LogP contribution >= 0.6 is 11.6 Å². The molecule has 0 saturated carbocycles. The second-order valence-corrected chi connectivity index (χ2v) is 7.03. The molecule has 1 heterocycles. The molecule has 0 saturated heterocycles. The first kappa shape index (κ1) is 20.8. The molecule has 0 aliphatic carbocycles. The maximum atomic E-state index is 13.1. The number of benzene rings is 2. The topological polar surface area (TPSA) is 58.4 Å². The molecule has 6 heteroatoms. The second kappa shape index (κ2) is 10.6. The minimum atomic E-state index is -0.246. The lowest BCUT2D eigenvalue weighted by Gasteiger charge is -2.25. The summed E-state index contributed by atoms with van der Waals surface area (Å²) >= 11 is 6.37. The van der Waals surface area contributed by atoms with Crippen LogP contribution in [0, 0.1) is 0 Å². The number of aliphatic hydroxyl groups is 1. The number of allylic oxidation sites excluding steroid dienone is 1. The number of anilines is 1. The Morgan fingerprint density at radius 3 is 2.45 bits per heavy atom. The molecule has 5 nitrogen and oxygen atoms in total. The molecule has 3 aromatic rings. The van der Waals surface area contributed by atoms with Gasteiger partial charge in [0.25, 0.3) is 5.56 Å². The molecule has 0 amide bonds. The van der Waals surface area contributed by atoms with Gasteiger partial charge in [-0.05, 0) is 17.5 Å². The minimum Gasteiger partial charge on any atom is -0.396 e. The van der Waals surface area contributed by atoms with E-state index < -0.39 is 0 Å². The van der Waals surface area contributed by atoms with Gasteiger partial charge in [0.2, 0.25) is 0 Å². The van der Waals surface area contributed by atoms with Crippen molar-refractivity contribution in [2.45, 2.75) is 19.5 Å². The summed E-state index contributed by atoms with van der Waals surface area (Å²) in [6.45, 7) is 1.43. The van der Waals surface area contributed by atoms with Crippen LogP contribution in [-0.2, 0) is 13.1 Å². The Morgan fingerprint density at radius 1 is 1.07 bits per heavy atom. The Hall–Kier alpha value is -2.89. The van der Waals surface area contributed by atoms with Crippen LogP contribution in [0.2, 0.25) is 5.02 Å². The second-order valence-electron chi connectivity index (χ2n) is 6.63. The summed E-state index contributed by atoms with van der Waals surface area (Å²) < 4.78 is 1.40. The molecule has 0 atom stereocenters. The van der Waals surface area contributed by atoms with Crippen LogP contribution in [0.3, 0.4) is 0 Å². The molecule has 0 aliphatic heterocycles. The molecule has 1 N–H and O–H groups in total. The first-order valence-electron chi connectivity index (χ1n) is 9.56. The highest BCUT2D eigenvalue weighted by Crippen LogP contribution is 2.22. The average Bonchev–Trinajstić information content (AvgIpc) is 2.75. The molecule has 3 rings (SSSR count). The van der Waals surface area contributed by atoms with Gasteiger partial charge < -0.3 is 10.0 Å². The highest BCUT2D eigenvalue weighted by molar-refractivity contribution is 6.33. The molecule has 1 aromatic heterocycles. The van der Waals surface area contributed by atoms with E-state index in [2.05, 4.69) is 5.10 Å². The van der Waals surface area contributed by atoms with Crippen LogP contribution in [0.25, 0.3) is 6.08 Å². The van der Waals surface area contributed by atoms with Gasteiger partial charge in [-0.15, -0.1) is 0 Å². The molecule has 150 valence electrons. The third-order valence-electron chi connectivity index (χ3n) is 4.48. The van der Waals surface area contributed by atoms with Crippen molar-refractivity contribution in [1.82, 2.24) is 9.78 Å². The zero-order valence-electron chi connectivity index (χ0n) is 16.1. The largest absolute Gasteiger partial charge is 0.396 e. The number of nitrogens with zero attached hydrogens (tertiary/aromatic N) is 3. The highest BCUT2D eigenvalue weighted by atomic mass is 35.5. The highest BCUT2D eigenvalue weighted by Gasteiger charge is 2.17. The van der Waals surface area contributed by atoms with Gasteiger partial charge in [0.05, 0.1) is 17.8 Å². The van der Waals surface area contributed by atoms with E-state index in [1.807, 2.05) is 77.7 Å². The zero-order chi connectivity index (χ0) is 20.5. The van der Waals surface area contributed by atoms with Crippen LogP contribution in [0.4, 0.5) is 5.69 Å². The summed E-state index contributed by atoms with van der Waals surface area (Å²) in [5.74, 6) is 0. The van der Waals surface area contributed by atoms with Gasteiger partial charge in [-0.2, -0.15) is 5.10 Å². The standard InChI is InChI=1S/C23H24ClN3O2/c24-21-17-25-27(15-7-13-19-9-3-1-4-10-19)23(29)22(21)26(14-8-16-28)18-20-11-5-2-6-12-20/h1-7,9-13,17,28H,8,14-16,18H2/b13-7+. The first-order chi connectivity index (χ1) is 14.2. The third-order valence-corrected chi connectivity index (χ3v) is 4.76. The van der Waals surface area contributed by atoms with Gasteiger partial charge in [0, 0.05) is 19.7 Å². The van der Waals surface area contributed by atoms with Gasteiger partial charge in [-0.3, -0.25) is 4.79 Å². The fourth-order valence-corrected chi connectivity index (χ4v) is 3.31. The molecule has 0 bridgehead atoms. The first-order valence-corrected chi connectivity index (χ1v) is 9.94. The lowest BCUT2D eigenvalue weighted by Crippen LogP contribution is -2.34. The van der Waals surface area contributed by atoms with Crippen molar-refractivity contribution in [1.29, 1.82) is 0 Å². The monoisotopic (exact) mass is 409 g/mol. The predicted molar refractivity (Wildman–Crippen MR) is 118 cm³/mol. The van der Waals surface area contributed by atoms with E-state index in [9.17, 15) is 9.90 Å². The summed E-state index contributed by atoms with van der Waals surface area (Å²) in [6, 6.07) is 19.8. The Kier molecular flexibility index (Phi) is 7.61. The molecular weight excluding hydrogens is 386 g/mol. The summed E-state index contributed by atoms with van der Waals surface area (Å²) in [5, 5.41) is 13.8. The third kappa shape index (κ3) is 5.79. The molecule has 0 fully saturated rings. The fourth-order valence-electron chi connectivity index (χ4n) is 3.06. The predicted octanol–water partition coefficient (Wildman–Crippen LogP) is 4.00. The molecule has 29 heavy (non-hydrogen) atoms. The quantitative estimate of drug-likeness (QED) is 0.580. The van der Waals surface area contributed by atoms with Crippen LogP contribution in [0.15, 0.2) is 77.7 Å². The average molecular weight is 410 g/mol. The number of aromatic nitrogens is 2. The van der Waals surface area contributed by atoms with Crippen molar-refractivity contribution in [2.75, 3.05) is 18.1 Å². The van der Waals surface area contributed by atoms with Crippen molar-refractivity contribution in [2.24, 2.45) is 0 Å². The number of hydrogen-bond acceptors (Lipinski definition) is 4. The van der Waals surface area contributed by atoms with E-state index in [-0.39, 0.29) is 12.2 Å². The smallest absolute Gasteiger partial charge is 0.292 e. The Labute approximate surface area is 175 Å². The number of aliphatic hydroxyl groups excluding tert-OH is 1. The van der Waals surface area contributed by atoms with E-state index in [1.165, 1.54) is 10.9 Å². The summed E-state index contributed by atoms with van der Waals surface area (Å²) in [5.41, 5.74) is 2.28. The maximum absolute atomic E-state index is 13.1. The Morgan fingerprint density at radius 2 is 1.76 bits per heavy atom. The van der Waals surface area contributed by atoms with Gasteiger partial charge in [-0.25, -0.2) is 4.68 Å². The molecule has 0 unspecified atom stereocenters. The number of rotatable bonds is 9. The summed E-state index contributed by atoms with van der Waals surface area (Å²) in [7, 11) is 0. The Bertz CT molecular complexity index is 988. The molecule has 0 aliphatic rings. The van der Waals surface area contributed by atoms with Crippen LogP contribution < -0.4 is 10.5 Å². The van der Waals surface area contributed by atoms with E-state index in [0.717, 1.165) is 11.1 Å². The molecule has 0 radical (unpaired) electrons. The van der Waals surface area contributed by atoms with Crippen molar-refractivity contribution in [3.8, 4) is 0 Å². The van der Waals surface area contributed by atoms with Crippen LogP contribution in [0.5, 0.6) is 0 Å². The van der Waals surface area contributed by atoms with Crippen molar-refractivity contribution in [3.05, 3.63) is 99.4 Å². The number of hydrogen-bond donors (Lipinski definition) is 1. The summed E-state index contributed by atoms with van der Waals surface area (Å²) in [6.07, 6.45) is 5.90. The molecular formula is C23H24ClN3O2. The van der Waals surface area contributed by atoms with Crippen LogP contribution in [-0.4, -0.2) is 28.0 Å². The van der Waals surface area contributed by atoms with Gasteiger partial charge >= 0.3 is 0 Å². The van der Waals surface area contributed by atoms with Crippen molar-refractivity contribution >= 4 is 23.4 Å². The maximum Gasteiger partial charge on any atom is 0.292 e. The van der Waals surface area contributed by atoms with E-state index in [4.69, 9.17) is 11.6 Å². The zero-order valence-corrected chi connectivity index (χ0v) is 16.9. The van der Waals surface area contributed by atoms with E-state index in [0.29, 0.717) is 36.8 Å². The molecule has 2 aromatic carbocycles. The van der Waals surface area contributed by atoms with E-state index >= 15 is 0 Å². The normalized spacial score (nSPS) is 11.1. The lowest BCUT2D eigenvalue weighted by molar-refractivity contribution is 0.289. The number of halogens is 1. The lowest BCUT2D eigenvalue weighted by atomic mass is 10.2. The van der Waals surface area contributed by atoms with Crippen molar-refractivity contribution in [3.63, 3.8) is 0 Å². The van der Waals surface area contributed by atoms with E-state index in [1.54, 1.807) is 0 Å². The van der Waals surface area contributed by atoms with Crippen LogP contribution in [0.1, 0.15) is 17.5 Å². The summed E-state index contributed by atoms with van der Waals surface area (Å²) in [4.78, 5) is 15.0. The minimum absolute atomic E-state index is 0.0436. The van der Waals surface area contributed by atoms with Crippen molar-refractivity contribution < 1.29 is 5.11 Å². The SMILES string of the molecule is O=c1c(N(CCCO)Cc2ccccc2)c(Cl)cnn1C/C=C/c1ccccc1.